The molecular formula is C22H25N3O4. The summed E-state index contributed by atoms with van der Waals surface area (Å²) in [6.07, 6.45) is 0.172. The predicted molar refractivity (Wildman–Crippen MR) is 111 cm³/mol. The van der Waals surface area contributed by atoms with E-state index in [-0.39, 0.29) is 24.1 Å². The second-order valence-corrected chi connectivity index (χ2v) is 7.25. The van der Waals surface area contributed by atoms with Crippen LogP contribution < -0.4 is 15.4 Å². The number of anilines is 2. The number of ether oxygens (including phenoxy) is 1. The van der Waals surface area contributed by atoms with Crippen molar-refractivity contribution in [1.82, 2.24) is 4.90 Å². The first-order valence-corrected chi connectivity index (χ1v) is 9.45. The molecule has 2 aromatic carbocycles. The lowest BCUT2D eigenvalue weighted by atomic mass is 10.1. The zero-order valence-corrected chi connectivity index (χ0v) is 16.8. The third kappa shape index (κ3) is 5.13. The van der Waals surface area contributed by atoms with E-state index >= 15 is 0 Å². The Morgan fingerprint density at radius 3 is 2.52 bits per heavy atom. The number of rotatable bonds is 6. The van der Waals surface area contributed by atoms with Gasteiger partial charge in [0, 0.05) is 32.1 Å². The van der Waals surface area contributed by atoms with E-state index in [1.54, 1.807) is 23.1 Å². The maximum absolute atomic E-state index is 12.8. The third-order valence-electron chi connectivity index (χ3n) is 4.86. The zero-order valence-electron chi connectivity index (χ0n) is 16.8. The van der Waals surface area contributed by atoms with Gasteiger partial charge in [-0.15, -0.1) is 0 Å². The molecule has 2 N–H and O–H groups in total. The molecule has 3 amide bonds. The summed E-state index contributed by atoms with van der Waals surface area (Å²) in [4.78, 5) is 38.1. The Morgan fingerprint density at radius 2 is 1.86 bits per heavy atom. The summed E-state index contributed by atoms with van der Waals surface area (Å²) < 4.78 is 5.29. The van der Waals surface area contributed by atoms with Crippen molar-refractivity contribution in [2.75, 3.05) is 24.3 Å². The van der Waals surface area contributed by atoms with Gasteiger partial charge in [-0.25, -0.2) is 0 Å². The topological polar surface area (TPSA) is 87.7 Å². The Hall–Kier alpha value is -3.35. The van der Waals surface area contributed by atoms with Crippen LogP contribution >= 0.6 is 0 Å². The van der Waals surface area contributed by atoms with Crippen LogP contribution in [0.25, 0.3) is 0 Å². The summed E-state index contributed by atoms with van der Waals surface area (Å²) in [6, 6.07) is 13.0. The van der Waals surface area contributed by atoms with Gasteiger partial charge < -0.3 is 20.3 Å². The van der Waals surface area contributed by atoms with Gasteiger partial charge in [-0.3, -0.25) is 14.4 Å². The minimum atomic E-state index is -0.443. The number of aryl methyl sites for hydroxylation is 1. The average Bonchev–Trinajstić information content (AvgIpc) is 3.04. The van der Waals surface area contributed by atoms with Crippen LogP contribution in [0, 0.1) is 12.8 Å². The molecule has 1 heterocycles. The predicted octanol–water partition coefficient (Wildman–Crippen LogP) is 2.95. The first-order valence-electron chi connectivity index (χ1n) is 9.45. The number of hydrogen-bond donors (Lipinski definition) is 2. The molecule has 1 fully saturated rings. The van der Waals surface area contributed by atoms with Gasteiger partial charge in [-0.05, 0) is 30.7 Å². The van der Waals surface area contributed by atoms with E-state index in [2.05, 4.69) is 10.6 Å². The molecule has 3 rings (SSSR count). The van der Waals surface area contributed by atoms with Gasteiger partial charge in [0.2, 0.25) is 17.7 Å². The zero-order chi connectivity index (χ0) is 21.0. The van der Waals surface area contributed by atoms with Crippen molar-refractivity contribution in [2.24, 2.45) is 5.92 Å². The molecule has 0 aliphatic carbocycles. The highest BCUT2D eigenvalue weighted by Crippen LogP contribution is 2.29. The Balaban J connectivity index is 1.67. The van der Waals surface area contributed by atoms with E-state index in [0.29, 0.717) is 30.2 Å². The Labute approximate surface area is 170 Å². The van der Waals surface area contributed by atoms with Gasteiger partial charge in [-0.1, -0.05) is 29.8 Å². The standard InChI is InChI=1S/C22H25N3O4/c1-14-4-6-16(7-5-14)12-25-13-17(10-21(25)27)22(28)24-19-11-18(23-15(2)26)8-9-20(19)29-3/h4-9,11,17H,10,12-13H2,1-3H3,(H,23,26)(H,24,28)/t17-/m1/s1. The molecule has 1 aliphatic rings. The SMILES string of the molecule is COc1ccc(NC(C)=O)cc1NC(=O)[C@@H]1CC(=O)N(Cc2ccc(C)cc2)C1. The van der Waals surface area contributed by atoms with Gasteiger partial charge >= 0.3 is 0 Å². The molecule has 0 radical (unpaired) electrons. The molecule has 1 saturated heterocycles. The summed E-state index contributed by atoms with van der Waals surface area (Å²) in [5.74, 6) is -0.455. The lowest BCUT2D eigenvalue weighted by Crippen LogP contribution is -2.28. The number of amides is 3. The van der Waals surface area contributed by atoms with E-state index in [1.807, 2.05) is 31.2 Å². The van der Waals surface area contributed by atoms with Crippen molar-refractivity contribution >= 4 is 29.1 Å². The lowest BCUT2D eigenvalue weighted by Gasteiger charge is -2.17. The van der Waals surface area contributed by atoms with Crippen LogP contribution in [0.5, 0.6) is 5.75 Å². The van der Waals surface area contributed by atoms with Gasteiger partial charge in [0.25, 0.3) is 0 Å². The Morgan fingerprint density at radius 1 is 1.14 bits per heavy atom. The van der Waals surface area contributed by atoms with E-state index < -0.39 is 5.92 Å². The molecule has 0 spiro atoms. The largest absolute Gasteiger partial charge is 0.495 e. The minimum Gasteiger partial charge on any atom is -0.495 e. The maximum Gasteiger partial charge on any atom is 0.229 e. The van der Waals surface area contributed by atoms with E-state index in [1.165, 1.54) is 14.0 Å². The van der Waals surface area contributed by atoms with Gasteiger partial charge in [-0.2, -0.15) is 0 Å². The number of carbonyl (C=O) groups excluding carboxylic acids is 3. The molecule has 1 aliphatic heterocycles. The molecule has 7 nitrogen and oxygen atoms in total. The molecule has 2 aromatic rings. The Kier molecular flexibility index (Phi) is 6.16. The van der Waals surface area contributed by atoms with Gasteiger partial charge in [0.15, 0.2) is 0 Å². The van der Waals surface area contributed by atoms with Crippen LogP contribution in [0.3, 0.4) is 0 Å². The fourth-order valence-corrected chi connectivity index (χ4v) is 3.34. The molecule has 7 heteroatoms. The molecule has 0 unspecified atom stereocenters. The molecule has 0 bridgehead atoms. The minimum absolute atomic E-state index is 0.0373. The molecule has 0 saturated carbocycles. The van der Waals surface area contributed by atoms with Crippen LogP contribution in [-0.4, -0.2) is 36.3 Å². The monoisotopic (exact) mass is 395 g/mol. The van der Waals surface area contributed by atoms with Gasteiger partial charge in [0.1, 0.15) is 5.75 Å². The van der Waals surface area contributed by atoms with Crippen LogP contribution in [-0.2, 0) is 20.9 Å². The number of benzene rings is 2. The van der Waals surface area contributed by atoms with E-state index in [0.717, 1.165) is 11.1 Å². The van der Waals surface area contributed by atoms with Crippen molar-refractivity contribution in [3.8, 4) is 5.75 Å². The van der Waals surface area contributed by atoms with Crippen LogP contribution in [0.2, 0.25) is 0 Å². The normalized spacial score (nSPS) is 15.9. The summed E-state index contributed by atoms with van der Waals surface area (Å²) in [6.45, 7) is 4.28. The number of nitrogens with one attached hydrogen (secondary N) is 2. The second-order valence-electron chi connectivity index (χ2n) is 7.25. The third-order valence-corrected chi connectivity index (χ3v) is 4.86. The highest BCUT2D eigenvalue weighted by Gasteiger charge is 2.34. The summed E-state index contributed by atoms with van der Waals surface area (Å²) in [5, 5.41) is 5.51. The van der Waals surface area contributed by atoms with Crippen LogP contribution in [0.1, 0.15) is 24.5 Å². The molecular weight excluding hydrogens is 370 g/mol. The highest BCUT2D eigenvalue weighted by atomic mass is 16.5. The second kappa shape index (κ2) is 8.77. The van der Waals surface area contributed by atoms with Crippen molar-refractivity contribution < 1.29 is 19.1 Å². The first-order chi connectivity index (χ1) is 13.9. The number of hydrogen-bond acceptors (Lipinski definition) is 4. The molecule has 29 heavy (non-hydrogen) atoms. The molecule has 152 valence electrons. The molecule has 1 atom stereocenters. The van der Waals surface area contributed by atoms with Gasteiger partial charge in [0.05, 0.1) is 18.7 Å². The molecule has 0 aromatic heterocycles. The van der Waals surface area contributed by atoms with E-state index in [9.17, 15) is 14.4 Å². The summed E-state index contributed by atoms with van der Waals surface area (Å²) in [5.41, 5.74) is 3.20. The van der Waals surface area contributed by atoms with Crippen molar-refractivity contribution in [1.29, 1.82) is 0 Å². The number of carbonyl (C=O) groups is 3. The maximum atomic E-state index is 12.8. The number of likely N-dealkylation sites (tertiary alicyclic amines) is 1. The quantitative estimate of drug-likeness (QED) is 0.787. The lowest BCUT2D eigenvalue weighted by molar-refractivity contribution is -0.128. The average molecular weight is 395 g/mol. The fourth-order valence-electron chi connectivity index (χ4n) is 3.34. The van der Waals surface area contributed by atoms with E-state index in [4.69, 9.17) is 4.74 Å². The summed E-state index contributed by atoms with van der Waals surface area (Å²) >= 11 is 0. The smallest absolute Gasteiger partial charge is 0.229 e. The summed E-state index contributed by atoms with van der Waals surface area (Å²) in [7, 11) is 1.51. The number of nitrogens with zero attached hydrogens (tertiary/aromatic N) is 1. The Bertz CT molecular complexity index is 924. The van der Waals surface area contributed by atoms with Crippen molar-refractivity contribution in [2.45, 2.75) is 26.8 Å². The van der Waals surface area contributed by atoms with Crippen molar-refractivity contribution in [3.05, 3.63) is 53.6 Å². The number of methoxy groups -OCH3 is 1. The fraction of sp³-hybridized carbons (Fsp3) is 0.318. The first kappa shape index (κ1) is 20.4. The van der Waals surface area contributed by atoms with Crippen molar-refractivity contribution in [3.63, 3.8) is 0 Å². The van der Waals surface area contributed by atoms with Crippen LogP contribution in [0.4, 0.5) is 11.4 Å². The van der Waals surface area contributed by atoms with Crippen LogP contribution in [0.15, 0.2) is 42.5 Å². The highest BCUT2D eigenvalue weighted by molar-refractivity contribution is 5.99.